The smallest absolute Gasteiger partial charge is 0.322 e. The summed E-state index contributed by atoms with van der Waals surface area (Å²) in [5, 5.41) is 10.0. The van der Waals surface area contributed by atoms with Crippen molar-refractivity contribution in [1.29, 1.82) is 0 Å². The molecular formula is C17H19N7O3S. The van der Waals surface area contributed by atoms with Crippen molar-refractivity contribution in [3.8, 4) is 22.2 Å². The zero-order valence-electron chi connectivity index (χ0n) is 15.2. The molecule has 28 heavy (non-hydrogen) atoms. The molecule has 1 saturated heterocycles. The van der Waals surface area contributed by atoms with Gasteiger partial charge in [0, 0.05) is 31.0 Å². The molecular weight excluding hydrogens is 382 g/mol. The van der Waals surface area contributed by atoms with Crippen LogP contribution in [0.1, 0.15) is 5.69 Å². The van der Waals surface area contributed by atoms with Crippen molar-refractivity contribution in [3.63, 3.8) is 0 Å². The maximum atomic E-state index is 12.1. The van der Waals surface area contributed by atoms with E-state index in [9.17, 15) is 4.79 Å². The van der Waals surface area contributed by atoms with Gasteiger partial charge in [-0.25, -0.2) is 9.78 Å². The highest BCUT2D eigenvalue weighted by Crippen LogP contribution is 2.32. The molecule has 10 nitrogen and oxygen atoms in total. The number of anilines is 1. The number of thiazole rings is 1. The van der Waals surface area contributed by atoms with Crippen LogP contribution >= 0.6 is 11.3 Å². The number of hydrogen-bond donors (Lipinski definition) is 2. The largest absolute Gasteiger partial charge is 0.379 e. The van der Waals surface area contributed by atoms with E-state index in [-0.39, 0.29) is 6.03 Å². The lowest BCUT2D eigenvalue weighted by molar-refractivity contribution is 0.0358. The van der Waals surface area contributed by atoms with Gasteiger partial charge in [0.15, 0.2) is 5.13 Å². The van der Waals surface area contributed by atoms with Crippen LogP contribution in [0, 0.1) is 6.92 Å². The number of urea groups is 1. The fourth-order valence-corrected chi connectivity index (χ4v) is 3.54. The molecule has 2 amide bonds. The number of carbonyl (C=O) groups excluding carboxylic acids is 1. The molecule has 1 aliphatic heterocycles. The number of pyridine rings is 1. The Morgan fingerprint density at radius 1 is 1.32 bits per heavy atom. The molecule has 4 rings (SSSR count). The Hall–Kier alpha value is -2.89. The number of morpholine rings is 1. The van der Waals surface area contributed by atoms with Gasteiger partial charge in [0.2, 0.25) is 5.82 Å². The predicted octanol–water partition coefficient (Wildman–Crippen LogP) is 1.97. The number of ether oxygens (including phenoxy) is 1. The lowest BCUT2D eigenvalue weighted by Crippen LogP contribution is -2.44. The third kappa shape index (κ3) is 4.32. The number of hydrogen-bond acceptors (Lipinski definition) is 9. The molecule has 4 heterocycles. The molecule has 0 saturated carbocycles. The molecule has 2 N–H and O–H groups in total. The Labute approximate surface area is 164 Å². The maximum absolute atomic E-state index is 12.1. The van der Waals surface area contributed by atoms with Gasteiger partial charge in [0.05, 0.1) is 25.6 Å². The van der Waals surface area contributed by atoms with Gasteiger partial charge in [-0.1, -0.05) is 16.5 Å². The van der Waals surface area contributed by atoms with Gasteiger partial charge in [0.25, 0.3) is 5.89 Å². The molecule has 1 aliphatic rings. The minimum absolute atomic E-state index is 0.312. The SMILES string of the molecule is Cc1nc(NC(=O)NCN2CCOCC2)sc1-c1nc(-c2cccnc2)no1. The fraction of sp³-hybridized carbons (Fsp3) is 0.353. The zero-order valence-corrected chi connectivity index (χ0v) is 16.0. The van der Waals surface area contributed by atoms with Crippen molar-refractivity contribution in [2.45, 2.75) is 6.92 Å². The fourth-order valence-electron chi connectivity index (χ4n) is 2.66. The summed E-state index contributed by atoms with van der Waals surface area (Å²) >= 11 is 1.28. The van der Waals surface area contributed by atoms with Gasteiger partial charge in [-0.15, -0.1) is 0 Å². The van der Waals surface area contributed by atoms with Gasteiger partial charge in [-0.05, 0) is 19.1 Å². The second-order valence-electron chi connectivity index (χ2n) is 6.12. The van der Waals surface area contributed by atoms with Crippen LogP contribution < -0.4 is 10.6 Å². The van der Waals surface area contributed by atoms with Crippen molar-refractivity contribution in [2.75, 3.05) is 38.3 Å². The number of aromatic nitrogens is 4. The van der Waals surface area contributed by atoms with Crippen LogP contribution in [-0.2, 0) is 4.74 Å². The van der Waals surface area contributed by atoms with E-state index in [0.717, 1.165) is 18.7 Å². The monoisotopic (exact) mass is 401 g/mol. The molecule has 0 radical (unpaired) electrons. The van der Waals surface area contributed by atoms with Gasteiger partial charge in [-0.3, -0.25) is 15.2 Å². The molecule has 11 heteroatoms. The minimum Gasteiger partial charge on any atom is -0.379 e. The lowest BCUT2D eigenvalue weighted by Gasteiger charge is -2.26. The number of carbonyl (C=O) groups is 1. The lowest BCUT2D eigenvalue weighted by atomic mass is 10.3. The summed E-state index contributed by atoms with van der Waals surface area (Å²) in [7, 11) is 0. The summed E-state index contributed by atoms with van der Waals surface area (Å²) in [6, 6.07) is 3.35. The molecule has 3 aromatic heterocycles. The number of amides is 2. The summed E-state index contributed by atoms with van der Waals surface area (Å²) in [5.41, 5.74) is 1.47. The Bertz CT molecular complexity index is 937. The van der Waals surface area contributed by atoms with E-state index < -0.39 is 0 Å². The second-order valence-corrected chi connectivity index (χ2v) is 7.12. The van der Waals surface area contributed by atoms with Crippen LogP contribution in [0.2, 0.25) is 0 Å². The molecule has 0 aromatic carbocycles. The molecule has 0 atom stereocenters. The average molecular weight is 401 g/mol. The highest BCUT2D eigenvalue weighted by atomic mass is 32.1. The zero-order chi connectivity index (χ0) is 19.3. The van der Waals surface area contributed by atoms with E-state index in [4.69, 9.17) is 9.26 Å². The molecule has 1 fully saturated rings. The topological polar surface area (TPSA) is 118 Å². The predicted molar refractivity (Wildman–Crippen MR) is 103 cm³/mol. The Morgan fingerprint density at radius 2 is 2.18 bits per heavy atom. The highest BCUT2D eigenvalue weighted by Gasteiger charge is 2.18. The van der Waals surface area contributed by atoms with Crippen LogP contribution in [0.15, 0.2) is 29.0 Å². The molecule has 146 valence electrons. The maximum Gasteiger partial charge on any atom is 0.322 e. The Balaban J connectivity index is 1.39. The number of aryl methyl sites for hydroxylation is 1. The van der Waals surface area contributed by atoms with E-state index in [2.05, 4.69) is 35.6 Å². The first-order valence-corrected chi connectivity index (χ1v) is 9.57. The standard InChI is InChI=1S/C17H19N7O3S/c1-11-13(15-21-14(23-27-15)12-3-2-4-18-9-12)28-17(20-11)22-16(25)19-10-24-5-7-26-8-6-24/h2-4,9H,5-8,10H2,1H3,(H2,19,20,22,25). The van der Waals surface area contributed by atoms with Crippen molar-refractivity contribution >= 4 is 22.5 Å². The van der Waals surface area contributed by atoms with Gasteiger partial charge < -0.3 is 14.6 Å². The Morgan fingerprint density at radius 3 is 2.96 bits per heavy atom. The number of nitrogens with one attached hydrogen (secondary N) is 2. The summed E-state index contributed by atoms with van der Waals surface area (Å²) in [4.78, 5) is 27.8. The first kappa shape index (κ1) is 18.5. The first-order chi connectivity index (χ1) is 13.7. The van der Waals surface area contributed by atoms with Crippen LogP contribution in [0.25, 0.3) is 22.2 Å². The molecule has 0 spiro atoms. The minimum atomic E-state index is -0.312. The van der Waals surface area contributed by atoms with Crippen LogP contribution in [0.4, 0.5) is 9.93 Å². The average Bonchev–Trinajstić information content (AvgIpc) is 3.34. The van der Waals surface area contributed by atoms with Crippen molar-refractivity contribution in [1.82, 2.24) is 30.3 Å². The van der Waals surface area contributed by atoms with Crippen molar-refractivity contribution < 1.29 is 14.1 Å². The van der Waals surface area contributed by atoms with Crippen LogP contribution in [-0.4, -0.2) is 64.0 Å². The van der Waals surface area contributed by atoms with Crippen LogP contribution in [0.3, 0.4) is 0 Å². The van der Waals surface area contributed by atoms with Gasteiger partial charge >= 0.3 is 6.03 Å². The van der Waals surface area contributed by atoms with Crippen molar-refractivity contribution in [3.05, 3.63) is 30.2 Å². The number of nitrogens with zero attached hydrogens (tertiary/aromatic N) is 5. The quantitative estimate of drug-likeness (QED) is 0.666. The highest BCUT2D eigenvalue weighted by molar-refractivity contribution is 7.19. The molecule has 0 bridgehead atoms. The van der Waals surface area contributed by atoms with Gasteiger partial charge in [-0.2, -0.15) is 4.98 Å². The molecule has 0 aliphatic carbocycles. The van der Waals surface area contributed by atoms with E-state index in [1.54, 1.807) is 18.5 Å². The van der Waals surface area contributed by atoms with Crippen LogP contribution in [0.5, 0.6) is 0 Å². The third-order valence-corrected chi connectivity index (χ3v) is 5.18. The summed E-state index contributed by atoms with van der Waals surface area (Å²) in [6.07, 6.45) is 3.35. The second kappa shape index (κ2) is 8.42. The van der Waals surface area contributed by atoms with E-state index in [1.165, 1.54) is 11.3 Å². The number of rotatable bonds is 5. The first-order valence-electron chi connectivity index (χ1n) is 8.76. The molecule has 0 unspecified atom stereocenters. The van der Waals surface area contributed by atoms with E-state index in [1.807, 2.05) is 13.0 Å². The normalized spacial score (nSPS) is 14.8. The summed E-state index contributed by atoms with van der Waals surface area (Å²) in [5.74, 6) is 0.810. The molecule has 3 aromatic rings. The van der Waals surface area contributed by atoms with Crippen molar-refractivity contribution in [2.24, 2.45) is 0 Å². The van der Waals surface area contributed by atoms with Gasteiger partial charge in [0.1, 0.15) is 4.88 Å². The summed E-state index contributed by atoms with van der Waals surface area (Å²) < 4.78 is 10.7. The van der Waals surface area contributed by atoms with E-state index in [0.29, 0.717) is 47.3 Å². The Kier molecular flexibility index (Phi) is 5.55. The van der Waals surface area contributed by atoms with E-state index >= 15 is 0 Å². The third-order valence-electron chi connectivity index (χ3n) is 4.12. The summed E-state index contributed by atoms with van der Waals surface area (Å²) in [6.45, 7) is 5.27.